The van der Waals surface area contributed by atoms with Crippen LogP contribution in [-0.4, -0.2) is 25.8 Å². The number of pyridine rings is 1. The molecule has 3 heterocycles. The van der Waals surface area contributed by atoms with Gasteiger partial charge in [-0.1, -0.05) is 11.2 Å². The normalized spacial score (nSPS) is 10.6. The minimum atomic E-state index is -0.177. The molecule has 0 aliphatic carbocycles. The molecule has 3 aromatic rings. The SMILES string of the molecule is Cc1cc(CC(=O)Nc2ccnn2Cc2cccnc2)on1. The minimum absolute atomic E-state index is 0.138. The molecule has 0 aliphatic heterocycles. The maximum Gasteiger partial charge on any atom is 0.233 e. The Morgan fingerprint density at radius 2 is 2.27 bits per heavy atom. The van der Waals surface area contributed by atoms with E-state index in [0.29, 0.717) is 18.1 Å². The average molecular weight is 297 g/mol. The van der Waals surface area contributed by atoms with E-state index in [1.807, 2.05) is 19.1 Å². The van der Waals surface area contributed by atoms with Gasteiger partial charge in [-0.25, -0.2) is 4.68 Å². The Hall–Kier alpha value is -2.96. The fourth-order valence-electron chi connectivity index (χ4n) is 2.07. The topological polar surface area (TPSA) is 85.8 Å². The van der Waals surface area contributed by atoms with Crippen LogP contribution in [0.1, 0.15) is 17.0 Å². The smallest absolute Gasteiger partial charge is 0.233 e. The molecule has 0 bridgehead atoms. The van der Waals surface area contributed by atoms with E-state index in [9.17, 15) is 4.79 Å². The van der Waals surface area contributed by atoms with Gasteiger partial charge >= 0.3 is 0 Å². The highest BCUT2D eigenvalue weighted by atomic mass is 16.5. The third-order valence-corrected chi connectivity index (χ3v) is 3.05. The van der Waals surface area contributed by atoms with Gasteiger partial charge < -0.3 is 9.84 Å². The number of hydrogen-bond donors (Lipinski definition) is 1. The fourth-order valence-corrected chi connectivity index (χ4v) is 2.07. The first-order valence-corrected chi connectivity index (χ1v) is 6.83. The first kappa shape index (κ1) is 14.0. The van der Waals surface area contributed by atoms with Crippen molar-refractivity contribution in [2.45, 2.75) is 19.9 Å². The third kappa shape index (κ3) is 3.38. The van der Waals surface area contributed by atoms with Gasteiger partial charge in [0, 0.05) is 24.5 Å². The molecule has 0 saturated carbocycles. The highest BCUT2D eigenvalue weighted by molar-refractivity contribution is 5.91. The fraction of sp³-hybridized carbons (Fsp3) is 0.200. The first-order valence-electron chi connectivity index (χ1n) is 6.83. The zero-order valence-electron chi connectivity index (χ0n) is 12.1. The zero-order valence-corrected chi connectivity index (χ0v) is 12.1. The highest BCUT2D eigenvalue weighted by Gasteiger charge is 2.11. The molecule has 1 N–H and O–H groups in total. The lowest BCUT2D eigenvalue weighted by atomic mass is 10.3. The first-order chi connectivity index (χ1) is 10.7. The van der Waals surface area contributed by atoms with Gasteiger partial charge in [0.15, 0.2) is 0 Å². The number of nitrogens with one attached hydrogen (secondary N) is 1. The molecule has 22 heavy (non-hydrogen) atoms. The summed E-state index contributed by atoms with van der Waals surface area (Å²) in [4.78, 5) is 16.1. The molecule has 0 unspecified atom stereocenters. The van der Waals surface area contributed by atoms with Gasteiger partial charge in [0.25, 0.3) is 0 Å². The van der Waals surface area contributed by atoms with E-state index >= 15 is 0 Å². The van der Waals surface area contributed by atoms with Crippen molar-refractivity contribution in [2.24, 2.45) is 0 Å². The summed E-state index contributed by atoms with van der Waals surface area (Å²) in [7, 11) is 0. The Kier molecular flexibility index (Phi) is 3.95. The van der Waals surface area contributed by atoms with Crippen molar-refractivity contribution in [1.29, 1.82) is 0 Å². The number of amides is 1. The average Bonchev–Trinajstić information content (AvgIpc) is 3.10. The van der Waals surface area contributed by atoms with Gasteiger partial charge in [-0.3, -0.25) is 9.78 Å². The van der Waals surface area contributed by atoms with Crippen molar-refractivity contribution in [2.75, 3.05) is 5.32 Å². The van der Waals surface area contributed by atoms with E-state index in [0.717, 1.165) is 11.3 Å². The number of aromatic nitrogens is 4. The summed E-state index contributed by atoms with van der Waals surface area (Å²) in [5.74, 6) is 0.988. The van der Waals surface area contributed by atoms with Crippen LogP contribution in [0.15, 0.2) is 47.4 Å². The molecular formula is C15H15N5O2. The molecule has 112 valence electrons. The summed E-state index contributed by atoms with van der Waals surface area (Å²) >= 11 is 0. The number of rotatable bonds is 5. The van der Waals surface area contributed by atoms with Crippen LogP contribution in [-0.2, 0) is 17.8 Å². The maximum atomic E-state index is 12.0. The lowest BCUT2D eigenvalue weighted by molar-refractivity contribution is -0.115. The summed E-state index contributed by atoms with van der Waals surface area (Å²) in [6.45, 7) is 2.35. The zero-order chi connectivity index (χ0) is 15.4. The molecule has 0 saturated heterocycles. The third-order valence-electron chi connectivity index (χ3n) is 3.05. The number of anilines is 1. The molecule has 7 nitrogen and oxygen atoms in total. The van der Waals surface area contributed by atoms with Crippen molar-refractivity contribution < 1.29 is 9.32 Å². The van der Waals surface area contributed by atoms with Crippen molar-refractivity contribution in [3.8, 4) is 0 Å². The van der Waals surface area contributed by atoms with E-state index in [4.69, 9.17) is 4.52 Å². The molecule has 0 fully saturated rings. The molecule has 0 atom stereocenters. The number of carbonyl (C=O) groups is 1. The van der Waals surface area contributed by atoms with E-state index < -0.39 is 0 Å². The number of nitrogens with zero attached hydrogens (tertiary/aromatic N) is 4. The molecule has 7 heteroatoms. The molecule has 1 amide bonds. The van der Waals surface area contributed by atoms with Crippen molar-refractivity contribution >= 4 is 11.7 Å². The molecule has 3 rings (SSSR count). The Morgan fingerprint density at radius 3 is 3.00 bits per heavy atom. The van der Waals surface area contributed by atoms with Crippen molar-refractivity contribution in [3.63, 3.8) is 0 Å². The Balaban J connectivity index is 1.66. The Labute approximate surface area is 127 Å². The molecule has 0 radical (unpaired) electrons. The van der Waals surface area contributed by atoms with Gasteiger partial charge in [0.05, 0.1) is 24.9 Å². The summed E-state index contributed by atoms with van der Waals surface area (Å²) < 4.78 is 6.75. The van der Waals surface area contributed by atoms with E-state index in [2.05, 4.69) is 20.6 Å². The van der Waals surface area contributed by atoms with Gasteiger partial charge in [-0.2, -0.15) is 5.10 Å². The maximum absolute atomic E-state index is 12.0. The van der Waals surface area contributed by atoms with E-state index in [1.165, 1.54) is 0 Å². The largest absolute Gasteiger partial charge is 0.361 e. The Morgan fingerprint density at radius 1 is 1.36 bits per heavy atom. The van der Waals surface area contributed by atoms with Gasteiger partial charge in [0.1, 0.15) is 11.6 Å². The van der Waals surface area contributed by atoms with Crippen LogP contribution in [0.4, 0.5) is 5.82 Å². The molecule has 0 aromatic carbocycles. The summed E-state index contributed by atoms with van der Waals surface area (Å²) in [6.07, 6.45) is 5.27. The highest BCUT2D eigenvalue weighted by Crippen LogP contribution is 2.11. The van der Waals surface area contributed by atoms with Crippen molar-refractivity contribution in [3.05, 3.63) is 59.9 Å². The van der Waals surface area contributed by atoms with Crippen LogP contribution in [0, 0.1) is 6.92 Å². The molecule has 0 aliphatic rings. The van der Waals surface area contributed by atoms with E-state index in [-0.39, 0.29) is 12.3 Å². The minimum Gasteiger partial charge on any atom is -0.361 e. The summed E-state index contributed by atoms with van der Waals surface area (Å²) in [5.41, 5.74) is 1.76. The van der Waals surface area contributed by atoms with Gasteiger partial charge in [0.2, 0.25) is 5.91 Å². The number of aryl methyl sites for hydroxylation is 1. The van der Waals surface area contributed by atoms with Gasteiger partial charge in [-0.05, 0) is 18.6 Å². The standard InChI is InChI=1S/C15H15N5O2/c1-11-7-13(22-19-11)8-15(21)18-14-4-6-17-20(14)10-12-3-2-5-16-9-12/h2-7,9H,8,10H2,1H3,(H,18,21). The van der Waals surface area contributed by atoms with Crippen molar-refractivity contribution in [1.82, 2.24) is 19.9 Å². The predicted molar refractivity (Wildman–Crippen MR) is 79.1 cm³/mol. The van der Waals surface area contributed by atoms with Crippen LogP contribution in [0.5, 0.6) is 0 Å². The second-order valence-corrected chi connectivity index (χ2v) is 4.89. The summed E-state index contributed by atoms with van der Waals surface area (Å²) in [6, 6.07) is 7.31. The molecular weight excluding hydrogens is 282 g/mol. The monoisotopic (exact) mass is 297 g/mol. The van der Waals surface area contributed by atoms with Crippen LogP contribution >= 0.6 is 0 Å². The van der Waals surface area contributed by atoms with Gasteiger partial charge in [-0.15, -0.1) is 0 Å². The number of hydrogen-bond acceptors (Lipinski definition) is 5. The molecule has 3 aromatic heterocycles. The quantitative estimate of drug-likeness (QED) is 0.776. The predicted octanol–water partition coefficient (Wildman–Crippen LogP) is 1.80. The van der Waals surface area contributed by atoms with Crippen LogP contribution in [0.3, 0.4) is 0 Å². The second kappa shape index (κ2) is 6.21. The van der Waals surface area contributed by atoms with E-state index in [1.54, 1.807) is 35.4 Å². The van der Waals surface area contributed by atoms with Crippen LogP contribution in [0.2, 0.25) is 0 Å². The lowest BCUT2D eigenvalue weighted by Gasteiger charge is -2.08. The van der Waals surface area contributed by atoms with Crippen LogP contribution in [0.25, 0.3) is 0 Å². The molecule has 0 spiro atoms. The second-order valence-electron chi connectivity index (χ2n) is 4.89. The Bertz CT molecular complexity index is 763. The lowest BCUT2D eigenvalue weighted by Crippen LogP contribution is -2.17. The number of carbonyl (C=O) groups excluding carboxylic acids is 1. The van der Waals surface area contributed by atoms with Crippen LogP contribution < -0.4 is 5.32 Å². The summed E-state index contributed by atoms with van der Waals surface area (Å²) in [5, 5.41) is 10.8.